The number of esters is 1. The first-order valence-corrected chi connectivity index (χ1v) is 8.82. The van der Waals surface area contributed by atoms with Crippen LogP contribution in [0.3, 0.4) is 0 Å². The van der Waals surface area contributed by atoms with Crippen LogP contribution >= 0.6 is 0 Å². The highest BCUT2D eigenvalue weighted by Crippen LogP contribution is 2.36. The van der Waals surface area contributed by atoms with Gasteiger partial charge >= 0.3 is 12.0 Å². The number of nitrogens with one attached hydrogen (secondary N) is 2. The Hall–Kier alpha value is -3.30. The Morgan fingerprint density at radius 3 is 2.64 bits per heavy atom. The van der Waals surface area contributed by atoms with Crippen LogP contribution < -0.4 is 25.0 Å². The number of nitrogens with zero attached hydrogens (tertiary/aromatic N) is 1. The highest BCUT2D eigenvalue weighted by molar-refractivity contribution is 6.00. The van der Waals surface area contributed by atoms with Crippen LogP contribution in [0.15, 0.2) is 18.2 Å². The lowest BCUT2D eigenvalue weighted by Gasteiger charge is -2.22. The number of rotatable bonds is 4. The first-order chi connectivity index (χ1) is 13.4. The summed E-state index contributed by atoms with van der Waals surface area (Å²) >= 11 is 0. The Morgan fingerprint density at radius 1 is 1.21 bits per heavy atom. The smallest absolute Gasteiger partial charge is 0.321 e. The molecular weight excluding hydrogens is 370 g/mol. The highest BCUT2D eigenvalue weighted by atomic mass is 16.6. The van der Waals surface area contributed by atoms with Gasteiger partial charge in [0.1, 0.15) is 13.2 Å². The Balaban J connectivity index is 1.61. The minimum absolute atomic E-state index is 0.0307. The summed E-state index contributed by atoms with van der Waals surface area (Å²) in [4.78, 5) is 49.1. The van der Waals surface area contributed by atoms with Gasteiger partial charge in [-0.3, -0.25) is 19.7 Å². The summed E-state index contributed by atoms with van der Waals surface area (Å²) in [6, 6.07) is 4.43. The first kappa shape index (κ1) is 19.5. The van der Waals surface area contributed by atoms with E-state index in [1.165, 1.54) is 18.9 Å². The molecule has 0 radical (unpaired) electrons. The summed E-state index contributed by atoms with van der Waals surface area (Å²) in [6.07, 6.45) is -1.19. The molecule has 2 aliphatic rings. The number of ether oxygens (including phenoxy) is 3. The standard InChI is InChI=1S/C18H21N3O7/c1-10(16(23)20-18(25)19-2)28-17(24)11-7-15(22)21(9-11)12-3-4-13-14(8-12)27-6-5-26-13/h3-4,8,10-11H,5-7,9H2,1-2H3,(H2,19,20,23,25)/t10-,11-/m1/s1. The van der Waals surface area contributed by atoms with Crippen LogP contribution in [0.4, 0.5) is 10.5 Å². The molecule has 2 atom stereocenters. The number of carbonyl (C=O) groups is 4. The zero-order chi connectivity index (χ0) is 20.3. The molecule has 0 spiro atoms. The fraction of sp³-hybridized carbons (Fsp3) is 0.444. The van der Waals surface area contributed by atoms with Crippen molar-refractivity contribution < 1.29 is 33.4 Å². The van der Waals surface area contributed by atoms with Gasteiger partial charge in [-0.25, -0.2) is 4.79 Å². The molecule has 1 fully saturated rings. The summed E-state index contributed by atoms with van der Waals surface area (Å²) in [5, 5.41) is 4.26. The van der Waals surface area contributed by atoms with Gasteiger partial charge in [0.25, 0.3) is 5.91 Å². The summed E-state index contributed by atoms with van der Waals surface area (Å²) in [5.74, 6) is -1.22. The molecule has 2 N–H and O–H groups in total. The predicted octanol–water partition coefficient (Wildman–Crippen LogP) is 0.198. The van der Waals surface area contributed by atoms with E-state index in [2.05, 4.69) is 5.32 Å². The summed E-state index contributed by atoms with van der Waals surface area (Å²) < 4.78 is 16.1. The van der Waals surface area contributed by atoms with Crippen molar-refractivity contribution >= 4 is 29.5 Å². The van der Waals surface area contributed by atoms with E-state index in [4.69, 9.17) is 14.2 Å². The zero-order valence-corrected chi connectivity index (χ0v) is 15.5. The average molecular weight is 391 g/mol. The molecule has 0 saturated carbocycles. The Morgan fingerprint density at radius 2 is 1.93 bits per heavy atom. The van der Waals surface area contributed by atoms with Crippen LogP contribution in [0.25, 0.3) is 0 Å². The Kier molecular flexibility index (Phi) is 5.67. The van der Waals surface area contributed by atoms with Gasteiger partial charge in [0, 0.05) is 31.8 Å². The number of imide groups is 1. The maximum Gasteiger partial charge on any atom is 0.321 e. The quantitative estimate of drug-likeness (QED) is 0.703. The lowest BCUT2D eigenvalue weighted by atomic mass is 10.1. The Bertz CT molecular complexity index is 810. The minimum Gasteiger partial charge on any atom is -0.486 e. The lowest BCUT2D eigenvalue weighted by Crippen LogP contribution is -2.44. The van der Waals surface area contributed by atoms with Crippen molar-refractivity contribution in [3.8, 4) is 11.5 Å². The molecule has 3 rings (SSSR count). The third-order valence-corrected chi connectivity index (χ3v) is 4.42. The Labute approximate surface area is 161 Å². The fourth-order valence-electron chi connectivity index (χ4n) is 2.91. The van der Waals surface area contributed by atoms with E-state index in [1.807, 2.05) is 5.32 Å². The SMILES string of the molecule is CNC(=O)NC(=O)[C@@H](C)OC(=O)[C@@H]1CC(=O)N(c2ccc3c(c2)OCCO3)C1. The van der Waals surface area contributed by atoms with Crippen molar-refractivity contribution in [2.24, 2.45) is 5.92 Å². The van der Waals surface area contributed by atoms with E-state index < -0.39 is 29.9 Å². The number of hydrogen-bond donors (Lipinski definition) is 2. The minimum atomic E-state index is -1.16. The van der Waals surface area contributed by atoms with Crippen LogP contribution in [0, 0.1) is 5.92 Å². The van der Waals surface area contributed by atoms with Crippen molar-refractivity contribution in [3.63, 3.8) is 0 Å². The predicted molar refractivity (Wildman–Crippen MR) is 96.0 cm³/mol. The van der Waals surface area contributed by atoms with Gasteiger partial charge < -0.3 is 24.4 Å². The molecule has 10 nitrogen and oxygen atoms in total. The molecule has 0 bridgehead atoms. The van der Waals surface area contributed by atoms with E-state index in [9.17, 15) is 19.2 Å². The normalized spacial score (nSPS) is 19.0. The van der Waals surface area contributed by atoms with Crippen LogP contribution in [-0.2, 0) is 19.1 Å². The second-order valence-corrected chi connectivity index (χ2v) is 6.38. The third kappa shape index (κ3) is 4.16. The van der Waals surface area contributed by atoms with Crippen LogP contribution in [0.5, 0.6) is 11.5 Å². The van der Waals surface area contributed by atoms with E-state index in [0.717, 1.165) is 0 Å². The molecule has 1 aromatic carbocycles. The van der Waals surface area contributed by atoms with Gasteiger partial charge in [0.2, 0.25) is 5.91 Å². The molecule has 150 valence electrons. The molecule has 28 heavy (non-hydrogen) atoms. The number of fused-ring (bicyclic) bond motifs is 1. The van der Waals surface area contributed by atoms with E-state index in [-0.39, 0.29) is 18.9 Å². The maximum absolute atomic E-state index is 12.4. The molecule has 4 amide bonds. The van der Waals surface area contributed by atoms with Gasteiger partial charge in [-0.1, -0.05) is 0 Å². The molecule has 0 aromatic heterocycles. The van der Waals surface area contributed by atoms with Gasteiger partial charge in [0.15, 0.2) is 17.6 Å². The molecule has 1 aromatic rings. The van der Waals surface area contributed by atoms with Gasteiger partial charge in [0.05, 0.1) is 5.92 Å². The molecule has 2 heterocycles. The van der Waals surface area contributed by atoms with Gasteiger partial charge in [-0.2, -0.15) is 0 Å². The van der Waals surface area contributed by atoms with Gasteiger partial charge in [-0.15, -0.1) is 0 Å². The lowest BCUT2D eigenvalue weighted by molar-refractivity contribution is -0.158. The monoisotopic (exact) mass is 391 g/mol. The van der Waals surface area contributed by atoms with Crippen molar-refractivity contribution in [2.75, 3.05) is 31.7 Å². The summed E-state index contributed by atoms with van der Waals surface area (Å²) in [5.41, 5.74) is 0.593. The zero-order valence-electron chi connectivity index (χ0n) is 15.5. The van der Waals surface area contributed by atoms with Crippen molar-refractivity contribution in [1.82, 2.24) is 10.6 Å². The number of anilines is 1. The maximum atomic E-state index is 12.4. The number of amides is 4. The van der Waals surface area contributed by atoms with Crippen LogP contribution in [-0.4, -0.2) is 56.7 Å². The number of hydrogen-bond acceptors (Lipinski definition) is 7. The molecule has 0 aliphatic carbocycles. The van der Waals surface area contributed by atoms with Crippen molar-refractivity contribution in [3.05, 3.63) is 18.2 Å². The largest absolute Gasteiger partial charge is 0.486 e. The highest BCUT2D eigenvalue weighted by Gasteiger charge is 2.37. The first-order valence-electron chi connectivity index (χ1n) is 8.82. The number of urea groups is 1. The van der Waals surface area contributed by atoms with Gasteiger partial charge in [-0.05, 0) is 19.1 Å². The van der Waals surface area contributed by atoms with Crippen molar-refractivity contribution in [2.45, 2.75) is 19.4 Å². The molecular formula is C18H21N3O7. The number of benzene rings is 1. The molecule has 2 aliphatic heterocycles. The fourth-order valence-corrected chi connectivity index (χ4v) is 2.91. The average Bonchev–Trinajstić information content (AvgIpc) is 3.09. The second-order valence-electron chi connectivity index (χ2n) is 6.38. The number of carbonyl (C=O) groups excluding carboxylic acids is 4. The second kappa shape index (κ2) is 8.15. The molecule has 1 saturated heterocycles. The van der Waals surface area contributed by atoms with E-state index in [1.54, 1.807) is 18.2 Å². The summed E-state index contributed by atoms with van der Waals surface area (Å²) in [6.45, 7) is 2.37. The van der Waals surface area contributed by atoms with Crippen LogP contribution in [0.1, 0.15) is 13.3 Å². The molecule has 0 unspecified atom stereocenters. The molecule has 10 heteroatoms. The topological polar surface area (TPSA) is 123 Å². The van der Waals surface area contributed by atoms with Crippen molar-refractivity contribution in [1.29, 1.82) is 0 Å². The van der Waals surface area contributed by atoms with E-state index >= 15 is 0 Å². The van der Waals surface area contributed by atoms with E-state index in [0.29, 0.717) is 30.4 Å². The third-order valence-electron chi connectivity index (χ3n) is 4.42. The summed E-state index contributed by atoms with van der Waals surface area (Å²) in [7, 11) is 1.36. The van der Waals surface area contributed by atoms with Crippen LogP contribution in [0.2, 0.25) is 0 Å².